The Morgan fingerprint density at radius 3 is 2.36 bits per heavy atom. The van der Waals surface area contributed by atoms with Crippen LogP contribution in [0, 0.1) is 5.92 Å². The second kappa shape index (κ2) is 8.25. The summed E-state index contributed by atoms with van der Waals surface area (Å²) < 4.78 is 0. The molecule has 14 heavy (non-hydrogen) atoms. The fourth-order valence-corrected chi connectivity index (χ4v) is 1.45. The third kappa shape index (κ3) is 7.34. The molecule has 0 amide bonds. The molecule has 0 radical (unpaired) electrons. The van der Waals surface area contributed by atoms with E-state index < -0.39 is 0 Å². The van der Waals surface area contributed by atoms with Gasteiger partial charge in [-0.3, -0.25) is 0 Å². The molecule has 0 aliphatic rings. The maximum Gasteiger partial charge on any atom is 0.00642 e. The molecule has 0 heterocycles. The minimum Gasteiger partial charge on any atom is -0.316 e. The van der Waals surface area contributed by atoms with Gasteiger partial charge >= 0.3 is 0 Å². The first kappa shape index (κ1) is 13.9. The van der Waals surface area contributed by atoms with Crippen LogP contribution >= 0.6 is 0 Å². The molecule has 1 N–H and O–H groups in total. The Balaban J connectivity index is 3.27. The molecule has 1 atom stereocenters. The van der Waals surface area contributed by atoms with E-state index >= 15 is 0 Å². The lowest BCUT2D eigenvalue weighted by Crippen LogP contribution is -2.30. The quantitative estimate of drug-likeness (QED) is 0.605. The molecule has 0 spiro atoms. The van der Waals surface area contributed by atoms with Crippen LogP contribution in [0.3, 0.4) is 0 Å². The van der Waals surface area contributed by atoms with Gasteiger partial charge in [0.2, 0.25) is 0 Å². The molecule has 0 aromatic rings. The minimum absolute atomic E-state index is 0.723. The Hall–Kier alpha value is -0.0800. The summed E-state index contributed by atoms with van der Waals surface area (Å²) in [5, 5.41) is 3.48. The molecule has 2 nitrogen and oxygen atoms in total. The fourth-order valence-electron chi connectivity index (χ4n) is 1.45. The minimum atomic E-state index is 0.723. The van der Waals surface area contributed by atoms with Gasteiger partial charge in [0, 0.05) is 6.04 Å². The fraction of sp³-hybridized carbons (Fsp3) is 1.00. The van der Waals surface area contributed by atoms with Gasteiger partial charge in [-0.05, 0) is 52.4 Å². The summed E-state index contributed by atoms with van der Waals surface area (Å²) in [7, 11) is 2.20. The zero-order chi connectivity index (χ0) is 11.0. The van der Waals surface area contributed by atoms with E-state index in [1.54, 1.807) is 0 Å². The molecular formula is C12H28N2. The zero-order valence-corrected chi connectivity index (χ0v) is 10.6. The number of hydrogen-bond acceptors (Lipinski definition) is 2. The highest BCUT2D eigenvalue weighted by Gasteiger charge is 2.05. The van der Waals surface area contributed by atoms with E-state index in [0.29, 0.717) is 0 Å². The van der Waals surface area contributed by atoms with Crippen LogP contribution < -0.4 is 5.32 Å². The number of nitrogens with zero attached hydrogens (tertiary/aromatic N) is 1. The summed E-state index contributed by atoms with van der Waals surface area (Å²) in [6, 6.07) is 0.723. The van der Waals surface area contributed by atoms with Crippen molar-refractivity contribution in [3.63, 3.8) is 0 Å². The second-order valence-electron chi connectivity index (χ2n) is 4.66. The topological polar surface area (TPSA) is 15.3 Å². The lowest BCUT2D eigenvalue weighted by molar-refractivity contribution is 0.254. The summed E-state index contributed by atoms with van der Waals surface area (Å²) in [4.78, 5) is 2.41. The standard InChI is InChI=1S/C12H28N2/c1-6-14(5)12(4)8-7-9-13-10-11(2)3/h11-13H,6-10H2,1-5H3. The lowest BCUT2D eigenvalue weighted by Gasteiger charge is -2.22. The lowest BCUT2D eigenvalue weighted by atomic mass is 10.1. The van der Waals surface area contributed by atoms with Crippen LogP contribution in [0.15, 0.2) is 0 Å². The molecular weight excluding hydrogens is 172 g/mol. The van der Waals surface area contributed by atoms with E-state index in [9.17, 15) is 0 Å². The summed E-state index contributed by atoms with van der Waals surface area (Å²) >= 11 is 0. The Labute approximate surface area is 90.1 Å². The molecule has 0 saturated heterocycles. The van der Waals surface area contributed by atoms with Crippen LogP contribution in [0.1, 0.15) is 40.5 Å². The van der Waals surface area contributed by atoms with Crippen LogP contribution in [0.4, 0.5) is 0 Å². The molecule has 2 heteroatoms. The van der Waals surface area contributed by atoms with Crippen molar-refractivity contribution in [1.29, 1.82) is 0 Å². The number of rotatable bonds is 8. The maximum atomic E-state index is 3.48. The van der Waals surface area contributed by atoms with Gasteiger partial charge in [0.05, 0.1) is 0 Å². The molecule has 0 fully saturated rings. The van der Waals surface area contributed by atoms with E-state index in [0.717, 1.165) is 25.0 Å². The van der Waals surface area contributed by atoms with Crippen molar-refractivity contribution in [2.45, 2.75) is 46.6 Å². The Morgan fingerprint density at radius 1 is 1.21 bits per heavy atom. The Morgan fingerprint density at radius 2 is 1.86 bits per heavy atom. The van der Waals surface area contributed by atoms with Crippen molar-refractivity contribution in [2.75, 3.05) is 26.7 Å². The number of hydrogen-bond donors (Lipinski definition) is 1. The van der Waals surface area contributed by atoms with Crippen molar-refractivity contribution in [1.82, 2.24) is 10.2 Å². The molecule has 0 bridgehead atoms. The van der Waals surface area contributed by atoms with E-state index in [4.69, 9.17) is 0 Å². The van der Waals surface area contributed by atoms with Gasteiger partial charge in [0.1, 0.15) is 0 Å². The van der Waals surface area contributed by atoms with Gasteiger partial charge < -0.3 is 10.2 Å². The van der Waals surface area contributed by atoms with Crippen molar-refractivity contribution in [2.24, 2.45) is 5.92 Å². The Kier molecular flexibility index (Phi) is 8.20. The molecule has 86 valence electrons. The highest BCUT2D eigenvalue weighted by molar-refractivity contribution is 4.62. The molecule has 0 aliphatic carbocycles. The normalized spacial score (nSPS) is 13.9. The van der Waals surface area contributed by atoms with Crippen LogP contribution in [-0.2, 0) is 0 Å². The van der Waals surface area contributed by atoms with Gasteiger partial charge in [0.15, 0.2) is 0 Å². The average Bonchev–Trinajstić information content (AvgIpc) is 2.15. The predicted molar refractivity (Wildman–Crippen MR) is 64.7 cm³/mol. The van der Waals surface area contributed by atoms with E-state index in [2.05, 4.69) is 45.0 Å². The maximum absolute atomic E-state index is 3.48. The van der Waals surface area contributed by atoms with E-state index in [1.165, 1.54) is 19.4 Å². The summed E-state index contributed by atoms with van der Waals surface area (Å²) in [5.41, 5.74) is 0. The molecule has 0 saturated carbocycles. The number of nitrogens with one attached hydrogen (secondary N) is 1. The van der Waals surface area contributed by atoms with E-state index in [-0.39, 0.29) is 0 Å². The van der Waals surface area contributed by atoms with E-state index in [1.807, 2.05) is 0 Å². The van der Waals surface area contributed by atoms with Gasteiger partial charge in [-0.1, -0.05) is 20.8 Å². The monoisotopic (exact) mass is 200 g/mol. The molecule has 0 aliphatic heterocycles. The third-order valence-corrected chi connectivity index (χ3v) is 2.78. The predicted octanol–water partition coefficient (Wildman–Crippen LogP) is 2.35. The van der Waals surface area contributed by atoms with Crippen LogP contribution in [-0.4, -0.2) is 37.6 Å². The smallest absolute Gasteiger partial charge is 0.00642 e. The SMILES string of the molecule is CCN(C)C(C)CCCNCC(C)C. The third-order valence-electron chi connectivity index (χ3n) is 2.78. The molecule has 1 unspecified atom stereocenters. The van der Waals surface area contributed by atoms with Gasteiger partial charge in [0.25, 0.3) is 0 Å². The second-order valence-corrected chi connectivity index (χ2v) is 4.66. The zero-order valence-electron chi connectivity index (χ0n) is 10.6. The Bertz CT molecular complexity index is 123. The first-order valence-electron chi connectivity index (χ1n) is 5.98. The van der Waals surface area contributed by atoms with Gasteiger partial charge in [-0.15, -0.1) is 0 Å². The molecule has 0 aromatic carbocycles. The van der Waals surface area contributed by atoms with Crippen molar-refractivity contribution in [3.05, 3.63) is 0 Å². The van der Waals surface area contributed by atoms with Crippen LogP contribution in [0.5, 0.6) is 0 Å². The molecule has 0 rings (SSSR count). The first-order valence-corrected chi connectivity index (χ1v) is 5.98. The largest absolute Gasteiger partial charge is 0.316 e. The highest BCUT2D eigenvalue weighted by atomic mass is 15.1. The van der Waals surface area contributed by atoms with Gasteiger partial charge in [-0.2, -0.15) is 0 Å². The molecule has 0 aromatic heterocycles. The van der Waals surface area contributed by atoms with Gasteiger partial charge in [-0.25, -0.2) is 0 Å². The van der Waals surface area contributed by atoms with Crippen LogP contribution in [0.2, 0.25) is 0 Å². The van der Waals surface area contributed by atoms with Crippen molar-refractivity contribution < 1.29 is 0 Å². The van der Waals surface area contributed by atoms with Crippen LogP contribution in [0.25, 0.3) is 0 Å². The summed E-state index contributed by atoms with van der Waals surface area (Å²) in [6.45, 7) is 12.5. The van der Waals surface area contributed by atoms with Crippen molar-refractivity contribution in [3.8, 4) is 0 Å². The summed E-state index contributed by atoms with van der Waals surface area (Å²) in [6.07, 6.45) is 2.59. The van der Waals surface area contributed by atoms with Crippen molar-refractivity contribution >= 4 is 0 Å². The average molecular weight is 200 g/mol. The highest BCUT2D eigenvalue weighted by Crippen LogP contribution is 2.02. The summed E-state index contributed by atoms with van der Waals surface area (Å²) in [5.74, 6) is 0.769. The first-order chi connectivity index (χ1) is 6.57.